The van der Waals surface area contributed by atoms with Crippen LogP contribution in [0.15, 0.2) is 42.5 Å². The molecule has 5 nitrogen and oxygen atoms in total. The van der Waals surface area contributed by atoms with Gasteiger partial charge < -0.3 is 16.0 Å². The van der Waals surface area contributed by atoms with Crippen LogP contribution in [0.1, 0.15) is 30.1 Å². The highest BCUT2D eigenvalue weighted by Gasteiger charge is 2.07. The largest absolute Gasteiger partial charge is 0.375 e. The van der Waals surface area contributed by atoms with Crippen molar-refractivity contribution in [2.75, 3.05) is 23.7 Å². The molecular weight excluding hydrogens is 373 g/mol. The fourth-order valence-electron chi connectivity index (χ4n) is 2.20. The Hall–Kier alpha value is -2.24. The Morgan fingerprint density at radius 1 is 1.04 bits per heavy atom. The number of hydrogen-bond acceptors (Lipinski definition) is 3. The van der Waals surface area contributed by atoms with Gasteiger partial charge in [-0.15, -0.1) is 0 Å². The van der Waals surface area contributed by atoms with Gasteiger partial charge in [0.15, 0.2) is 0 Å². The molecule has 2 amide bonds. The fourth-order valence-corrected chi connectivity index (χ4v) is 2.56. The van der Waals surface area contributed by atoms with Crippen LogP contribution in [0.5, 0.6) is 0 Å². The monoisotopic (exact) mass is 393 g/mol. The highest BCUT2D eigenvalue weighted by atomic mass is 35.5. The van der Waals surface area contributed by atoms with E-state index in [4.69, 9.17) is 23.2 Å². The number of anilines is 2. The van der Waals surface area contributed by atoms with Gasteiger partial charge in [-0.25, -0.2) is 0 Å². The molecule has 0 radical (unpaired) electrons. The Balaban J connectivity index is 1.85. The third-order valence-corrected chi connectivity index (χ3v) is 4.18. The molecule has 0 fully saturated rings. The van der Waals surface area contributed by atoms with E-state index in [0.29, 0.717) is 33.5 Å². The zero-order valence-corrected chi connectivity index (χ0v) is 16.0. The van der Waals surface area contributed by atoms with Crippen molar-refractivity contribution in [3.8, 4) is 0 Å². The van der Waals surface area contributed by atoms with Crippen molar-refractivity contribution < 1.29 is 9.59 Å². The van der Waals surface area contributed by atoms with Crippen LogP contribution in [-0.2, 0) is 4.79 Å². The van der Waals surface area contributed by atoms with Gasteiger partial charge in [0.1, 0.15) is 0 Å². The third kappa shape index (κ3) is 6.24. The quantitative estimate of drug-likeness (QED) is 0.575. The standard InChI is InChI=1S/C19H21Cl2N3O2/c1-2-3-10-22-19(26)13-4-7-15(8-5-13)24-18(25)12-23-17-11-14(20)6-9-16(17)21/h4-9,11,23H,2-3,10,12H2,1H3,(H,22,26)(H,24,25). The second-order valence-corrected chi connectivity index (χ2v) is 6.56. The summed E-state index contributed by atoms with van der Waals surface area (Å²) in [4.78, 5) is 24.0. The van der Waals surface area contributed by atoms with Crippen molar-refractivity contribution in [3.05, 3.63) is 58.1 Å². The van der Waals surface area contributed by atoms with E-state index >= 15 is 0 Å². The Morgan fingerprint density at radius 2 is 1.77 bits per heavy atom. The van der Waals surface area contributed by atoms with Crippen molar-refractivity contribution >= 4 is 46.4 Å². The molecule has 7 heteroatoms. The lowest BCUT2D eigenvalue weighted by molar-refractivity contribution is -0.114. The maximum absolute atomic E-state index is 12.0. The number of carbonyl (C=O) groups is 2. The normalized spacial score (nSPS) is 10.3. The van der Waals surface area contributed by atoms with Crippen LogP contribution in [0.2, 0.25) is 10.0 Å². The maximum Gasteiger partial charge on any atom is 0.251 e. The predicted octanol–water partition coefficient (Wildman–Crippen LogP) is 4.57. The first-order chi connectivity index (χ1) is 12.5. The number of rotatable bonds is 8. The Morgan fingerprint density at radius 3 is 2.46 bits per heavy atom. The second kappa shape index (κ2) is 10.0. The fraction of sp³-hybridized carbons (Fsp3) is 0.263. The Kier molecular flexibility index (Phi) is 7.75. The van der Waals surface area contributed by atoms with Crippen molar-refractivity contribution in [1.82, 2.24) is 5.32 Å². The van der Waals surface area contributed by atoms with Crippen LogP contribution in [0.3, 0.4) is 0 Å². The number of amides is 2. The van der Waals surface area contributed by atoms with Gasteiger partial charge in [0.05, 0.1) is 17.3 Å². The SMILES string of the molecule is CCCCNC(=O)c1ccc(NC(=O)CNc2cc(Cl)ccc2Cl)cc1. The van der Waals surface area contributed by atoms with Gasteiger partial charge in [0.25, 0.3) is 5.91 Å². The second-order valence-electron chi connectivity index (χ2n) is 5.71. The van der Waals surface area contributed by atoms with Crippen molar-refractivity contribution in [2.45, 2.75) is 19.8 Å². The van der Waals surface area contributed by atoms with Crippen molar-refractivity contribution in [3.63, 3.8) is 0 Å². The number of halogens is 2. The molecule has 0 unspecified atom stereocenters. The smallest absolute Gasteiger partial charge is 0.251 e. The molecule has 2 rings (SSSR count). The van der Waals surface area contributed by atoms with Crippen LogP contribution >= 0.6 is 23.2 Å². The number of unbranched alkanes of at least 4 members (excludes halogenated alkanes) is 1. The average Bonchev–Trinajstić information content (AvgIpc) is 2.63. The molecule has 0 atom stereocenters. The summed E-state index contributed by atoms with van der Waals surface area (Å²) >= 11 is 12.0. The number of benzene rings is 2. The molecule has 0 aliphatic heterocycles. The lowest BCUT2D eigenvalue weighted by atomic mass is 10.2. The zero-order valence-electron chi connectivity index (χ0n) is 14.4. The summed E-state index contributed by atoms with van der Waals surface area (Å²) in [6.07, 6.45) is 1.98. The Labute approximate surface area is 163 Å². The van der Waals surface area contributed by atoms with Crippen molar-refractivity contribution in [2.24, 2.45) is 0 Å². The van der Waals surface area contributed by atoms with Gasteiger partial charge in [-0.05, 0) is 48.9 Å². The van der Waals surface area contributed by atoms with Crippen LogP contribution in [0.4, 0.5) is 11.4 Å². The van der Waals surface area contributed by atoms with E-state index in [-0.39, 0.29) is 18.4 Å². The lowest BCUT2D eigenvalue weighted by Crippen LogP contribution is -2.24. The molecule has 138 valence electrons. The number of hydrogen-bond donors (Lipinski definition) is 3. The average molecular weight is 394 g/mol. The zero-order chi connectivity index (χ0) is 18.9. The number of nitrogens with one attached hydrogen (secondary N) is 3. The molecule has 2 aromatic rings. The van der Waals surface area contributed by atoms with Gasteiger partial charge >= 0.3 is 0 Å². The van der Waals surface area contributed by atoms with Gasteiger partial charge in [-0.1, -0.05) is 36.5 Å². The first-order valence-corrected chi connectivity index (χ1v) is 9.12. The van der Waals surface area contributed by atoms with E-state index in [1.54, 1.807) is 42.5 Å². The van der Waals surface area contributed by atoms with E-state index in [2.05, 4.69) is 22.9 Å². The predicted molar refractivity (Wildman–Crippen MR) is 107 cm³/mol. The molecule has 2 aromatic carbocycles. The molecule has 0 spiro atoms. The Bertz CT molecular complexity index is 764. The minimum atomic E-state index is -0.235. The van der Waals surface area contributed by atoms with E-state index in [9.17, 15) is 9.59 Å². The van der Waals surface area contributed by atoms with E-state index in [0.717, 1.165) is 12.8 Å². The molecule has 0 aliphatic rings. The van der Waals surface area contributed by atoms with Crippen LogP contribution < -0.4 is 16.0 Å². The van der Waals surface area contributed by atoms with Crippen LogP contribution in [0.25, 0.3) is 0 Å². The molecule has 0 bridgehead atoms. The molecule has 26 heavy (non-hydrogen) atoms. The molecule has 0 heterocycles. The summed E-state index contributed by atoms with van der Waals surface area (Å²) in [5, 5.41) is 9.56. The summed E-state index contributed by atoms with van der Waals surface area (Å²) in [7, 11) is 0. The minimum Gasteiger partial charge on any atom is -0.375 e. The minimum absolute atomic E-state index is 0.0410. The first kappa shape index (κ1) is 20.1. The third-order valence-electron chi connectivity index (χ3n) is 3.61. The molecule has 0 aromatic heterocycles. The van der Waals surface area contributed by atoms with E-state index in [1.165, 1.54) is 0 Å². The van der Waals surface area contributed by atoms with Gasteiger partial charge in [-0.3, -0.25) is 9.59 Å². The van der Waals surface area contributed by atoms with Crippen LogP contribution in [0, 0.1) is 0 Å². The molecule has 0 saturated carbocycles. The molecule has 3 N–H and O–H groups in total. The molecular formula is C19H21Cl2N3O2. The number of carbonyl (C=O) groups excluding carboxylic acids is 2. The van der Waals surface area contributed by atoms with Gasteiger partial charge in [-0.2, -0.15) is 0 Å². The summed E-state index contributed by atoms with van der Waals surface area (Å²) in [6, 6.07) is 11.7. The topological polar surface area (TPSA) is 70.2 Å². The van der Waals surface area contributed by atoms with Crippen molar-refractivity contribution in [1.29, 1.82) is 0 Å². The highest BCUT2D eigenvalue weighted by molar-refractivity contribution is 6.35. The highest BCUT2D eigenvalue weighted by Crippen LogP contribution is 2.25. The first-order valence-electron chi connectivity index (χ1n) is 8.36. The summed E-state index contributed by atoms with van der Waals surface area (Å²) in [6.45, 7) is 2.77. The molecule has 0 saturated heterocycles. The lowest BCUT2D eigenvalue weighted by Gasteiger charge is -2.10. The summed E-state index contributed by atoms with van der Waals surface area (Å²) in [5.74, 6) is -0.352. The van der Waals surface area contributed by atoms with E-state index < -0.39 is 0 Å². The maximum atomic E-state index is 12.0. The van der Waals surface area contributed by atoms with Crippen LogP contribution in [-0.4, -0.2) is 24.9 Å². The summed E-state index contributed by atoms with van der Waals surface area (Å²) in [5.41, 5.74) is 1.76. The van der Waals surface area contributed by atoms with Gasteiger partial charge in [0.2, 0.25) is 5.91 Å². The summed E-state index contributed by atoms with van der Waals surface area (Å²) < 4.78 is 0. The van der Waals surface area contributed by atoms with Gasteiger partial charge in [0, 0.05) is 22.8 Å². The molecule has 0 aliphatic carbocycles. The van der Waals surface area contributed by atoms with E-state index in [1.807, 2.05) is 0 Å².